The predicted molar refractivity (Wildman–Crippen MR) is 178 cm³/mol. The normalized spacial score (nSPS) is 16.4. The van der Waals surface area contributed by atoms with Crippen LogP contribution in [0.1, 0.15) is 63.4 Å². The van der Waals surface area contributed by atoms with E-state index in [1.807, 2.05) is 64.4 Å². The maximum atomic E-state index is 13.9. The Morgan fingerprint density at radius 2 is 1.62 bits per heavy atom. The fraction of sp³-hybridized carbons (Fsp3) is 0.297. The lowest BCUT2D eigenvalue weighted by Crippen LogP contribution is -2.44. The van der Waals surface area contributed by atoms with Crippen LogP contribution in [0.15, 0.2) is 79.0 Å². The first-order valence-corrected chi connectivity index (χ1v) is 16.4. The molecule has 0 spiro atoms. The molecule has 7 nitrogen and oxygen atoms in total. The standard InChI is InChI=1S/C37H34N4O3S/c1-2-37(28-11-5-3-6-12-28)15-19-41(20-16-37)35(42)26-21-27-24-38-33(44-25-34-39-31-13-7-8-14-32(31)45-34)23-29(27)30(22-26)36(43)40-17-9-4-10-18-40/h1,3,5-8,11-14,21-24H,4,9-10,15-20,25H2. The number of benzene rings is 3. The monoisotopic (exact) mass is 614 g/mol. The molecule has 5 aromatic rings. The zero-order chi connectivity index (χ0) is 30.8. The molecule has 0 radical (unpaired) electrons. The van der Waals surface area contributed by atoms with Crippen LogP contribution in [0.3, 0.4) is 0 Å². The van der Waals surface area contributed by atoms with Gasteiger partial charge in [-0.15, -0.1) is 17.8 Å². The molecule has 8 heteroatoms. The Labute approximate surface area is 266 Å². The van der Waals surface area contributed by atoms with E-state index in [1.54, 1.807) is 23.6 Å². The second-order valence-corrected chi connectivity index (χ2v) is 13.0. The van der Waals surface area contributed by atoms with Crippen LogP contribution >= 0.6 is 11.3 Å². The van der Waals surface area contributed by atoms with Crippen LogP contribution in [0.5, 0.6) is 5.88 Å². The summed E-state index contributed by atoms with van der Waals surface area (Å²) in [4.78, 5) is 40.8. The van der Waals surface area contributed by atoms with Crippen molar-refractivity contribution in [2.45, 2.75) is 44.1 Å². The quantitative estimate of drug-likeness (QED) is 0.196. The number of nitrogens with zero attached hydrogens (tertiary/aromatic N) is 4. The summed E-state index contributed by atoms with van der Waals surface area (Å²) in [5, 5.41) is 2.31. The molecule has 226 valence electrons. The first kappa shape index (κ1) is 29.0. The first-order valence-electron chi connectivity index (χ1n) is 15.6. The highest BCUT2D eigenvalue weighted by Crippen LogP contribution is 2.36. The molecular weight excluding hydrogens is 580 g/mol. The van der Waals surface area contributed by atoms with Crippen molar-refractivity contribution in [3.05, 3.63) is 101 Å². The molecule has 0 unspecified atom stereocenters. The van der Waals surface area contributed by atoms with Gasteiger partial charge in [-0.1, -0.05) is 48.4 Å². The van der Waals surface area contributed by atoms with Crippen molar-refractivity contribution in [1.82, 2.24) is 19.8 Å². The second-order valence-electron chi connectivity index (χ2n) is 11.9. The van der Waals surface area contributed by atoms with Crippen LogP contribution in [0.25, 0.3) is 21.0 Å². The van der Waals surface area contributed by atoms with Crippen LogP contribution in [0, 0.1) is 12.3 Å². The lowest BCUT2D eigenvalue weighted by molar-refractivity contribution is 0.0693. The summed E-state index contributed by atoms with van der Waals surface area (Å²) in [7, 11) is 0. The number of aromatic nitrogens is 2. The minimum atomic E-state index is -0.386. The Hall–Kier alpha value is -4.74. The van der Waals surface area contributed by atoms with Gasteiger partial charge in [0.1, 0.15) is 11.6 Å². The molecule has 2 aliphatic rings. The third-order valence-electron chi connectivity index (χ3n) is 9.12. The van der Waals surface area contributed by atoms with Crippen molar-refractivity contribution >= 4 is 44.1 Å². The number of rotatable bonds is 6. The zero-order valence-electron chi connectivity index (χ0n) is 25.1. The number of pyridine rings is 1. The third-order valence-corrected chi connectivity index (χ3v) is 10.1. The number of hydrogen-bond acceptors (Lipinski definition) is 6. The van der Waals surface area contributed by atoms with Gasteiger partial charge >= 0.3 is 0 Å². The fourth-order valence-corrected chi connectivity index (χ4v) is 7.43. The van der Waals surface area contributed by atoms with Gasteiger partial charge in [0.05, 0.1) is 15.6 Å². The topological polar surface area (TPSA) is 75.6 Å². The molecule has 7 rings (SSSR count). The number of ether oxygens (including phenoxy) is 1. The summed E-state index contributed by atoms with van der Waals surface area (Å²) in [6, 6.07) is 23.6. The van der Waals surface area contributed by atoms with Crippen molar-refractivity contribution in [3.8, 4) is 18.2 Å². The highest BCUT2D eigenvalue weighted by molar-refractivity contribution is 7.18. The number of likely N-dealkylation sites (tertiary alicyclic amines) is 2. The van der Waals surface area contributed by atoms with Gasteiger partial charge in [0.2, 0.25) is 5.88 Å². The van der Waals surface area contributed by atoms with Crippen molar-refractivity contribution < 1.29 is 14.3 Å². The Kier molecular flexibility index (Phi) is 7.95. The molecule has 2 fully saturated rings. The van der Waals surface area contributed by atoms with Gasteiger partial charge in [-0.05, 0) is 61.9 Å². The van der Waals surface area contributed by atoms with E-state index in [4.69, 9.17) is 11.2 Å². The average molecular weight is 615 g/mol. The smallest absolute Gasteiger partial charge is 0.254 e. The Morgan fingerprint density at radius 3 is 2.38 bits per heavy atom. The second kappa shape index (κ2) is 12.3. The maximum absolute atomic E-state index is 13.9. The number of carbonyl (C=O) groups excluding carboxylic acids is 2. The summed E-state index contributed by atoms with van der Waals surface area (Å²) < 4.78 is 7.17. The first-order chi connectivity index (χ1) is 22.0. The van der Waals surface area contributed by atoms with Crippen LogP contribution in [-0.2, 0) is 12.0 Å². The molecule has 3 aromatic carbocycles. The van der Waals surface area contributed by atoms with Gasteiger partial charge in [0.15, 0.2) is 0 Å². The summed E-state index contributed by atoms with van der Waals surface area (Å²) in [5.74, 6) is 3.29. The minimum Gasteiger partial charge on any atom is -0.470 e. The number of thiazole rings is 1. The summed E-state index contributed by atoms with van der Waals surface area (Å²) in [6.07, 6.45) is 12.2. The van der Waals surface area contributed by atoms with E-state index in [0.717, 1.165) is 50.8 Å². The third kappa shape index (κ3) is 5.76. The number of hydrogen-bond donors (Lipinski definition) is 0. The number of amides is 2. The minimum absolute atomic E-state index is 0.0632. The number of piperidine rings is 2. The molecule has 0 N–H and O–H groups in total. The SMILES string of the molecule is C#CC1(c2ccccc2)CCN(C(=O)c2cc(C(=O)N3CCCCC3)c3cc(OCc4nc5ccccc5s4)ncc3c2)CC1. The van der Waals surface area contributed by atoms with E-state index in [2.05, 4.69) is 28.0 Å². The molecule has 0 aliphatic carbocycles. The van der Waals surface area contributed by atoms with E-state index >= 15 is 0 Å². The molecule has 4 heterocycles. The van der Waals surface area contributed by atoms with Gasteiger partial charge in [-0.2, -0.15) is 0 Å². The number of terminal acetylenes is 1. The van der Waals surface area contributed by atoms with Gasteiger partial charge in [-0.25, -0.2) is 9.97 Å². The fourth-order valence-electron chi connectivity index (χ4n) is 6.55. The van der Waals surface area contributed by atoms with E-state index in [9.17, 15) is 9.59 Å². The van der Waals surface area contributed by atoms with E-state index in [-0.39, 0.29) is 23.8 Å². The number of para-hydroxylation sites is 1. The van der Waals surface area contributed by atoms with Gasteiger partial charge in [-0.3, -0.25) is 9.59 Å². The van der Waals surface area contributed by atoms with Crippen molar-refractivity contribution in [2.24, 2.45) is 0 Å². The maximum Gasteiger partial charge on any atom is 0.254 e. The highest BCUT2D eigenvalue weighted by Gasteiger charge is 2.36. The molecule has 2 aromatic heterocycles. The number of fused-ring (bicyclic) bond motifs is 2. The van der Waals surface area contributed by atoms with E-state index in [1.165, 1.54) is 0 Å². The summed E-state index contributed by atoms with van der Waals surface area (Å²) in [5.41, 5.74) is 2.66. The highest BCUT2D eigenvalue weighted by atomic mass is 32.1. The Balaban J connectivity index is 1.16. The van der Waals surface area contributed by atoms with Gasteiger partial charge in [0.25, 0.3) is 11.8 Å². The largest absolute Gasteiger partial charge is 0.470 e. The predicted octanol–water partition coefficient (Wildman–Crippen LogP) is 6.86. The van der Waals surface area contributed by atoms with Crippen molar-refractivity contribution in [3.63, 3.8) is 0 Å². The molecule has 2 aliphatic heterocycles. The van der Waals surface area contributed by atoms with Crippen LogP contribution < -0.4 is 4.74 Å². The van der Waals surface area contributed by atoms with Crippen molar-refractivity contribution in [2.75, 3.05) is 26.2 Å². The van der Waals surface area contributed by atoms with Crippen LogP contribution in [0.2, 0.25) is 0 Å². The van der Waals surface area contributed by atoms with Gasteiger partial charge < -0.3 is 14.5 Å². The summed E-state index contributed by atoms with van der Waals surface area (Å²) >= 11 is 1.59. The van der Waals surface area contributed by atoms with Crippen LogP contribution in [-0.4, -0.2) is 57.8 Å². The summed E-state index contributed by atoms with van der Waals surface area (Å²) in [6.45, 7) is 2.79. The number of carbonyl (C=O) groups is 2. The zero-order valence-corrected chi connectivity index (χ0v) is 25.9. The molecular formula is C37H34N4O3S. The lowest BCUT2D eigenvalue weighted by atomic mass is 9.73. The Bertz CT molecular complexity index is 1880. The van der Waals surface area contributed by atoms with E-state index < -0.39 is 0 Å². The molecule has 0 saturated carbocycles. The molecule has 45 heavy (non-hydrogen) atoms. The molecule has 2 saturated heterocycles. The van der Waals surface area contributed by atoms with Crippen molar-refractivity contribution in [1.29, 1.82) is 0 Å². The van der Waals surface area contributed by atoms with Crippen LogP contribution in [0.4, 0.5) is 0 Å². The lowest BCUT2D eigenvalue weighted by Gasteiger charge is -2.39. The van der Waals surface area contributed by atoms with Gasteiger partial charge in [0, 0.05) is 60.3 Å². The Morgan fingerprint density at radius 1 is 0.889 bits per heavy atom. The average Bonchev–Trinajstić information content (AvgIpc) is 3.53. The molecule has 2 amide bonds. The molecule has 0 atom stereocenters. The van der Waals surface area contributed by atoms with E-state index in [0.29, 0.717) is 56.0 Å². The molecule has 0 bridgehead atoms.